The molecule has 2 saturated heterocycles. The van der Waals surface area contributed by atoms with E-state index in [1.165, 1.54) is 32.6 Å². The molecule has 2 heterocycles. The Hall–Kier alpha value is 0.01000. The van der Waals surface area contributed by atoms with Crippen LogP contribution in [0.4, 0.5) is 0 Å². The lowest BCUT2D eigenvalue weighted by molar-refractivity contribution is 0.142. The zero-order chi connectivity index (χ0) is 12.5. The van der Waals surface area contributed by atoms with Gasteiger partial charge in [0.15, 0.2) is 0 Å². The number of likely N-dealkylation sites (tertiary alicyclic amines) is 1. The van der Waals surface area contributed by atoms with Gasteiger partial charge in [0.25, 0.3) is 0 Å². The Morgan fingerprint density at radius 2 is 2.00 bits per heavy atom. The molecule has 2 nitrogen and oxygen atoms in total. The minimum atomic E-state index is 0. The fourth-order valence-electron chi connectivity index (χ4n) is 3.17. The SMILES string of the molecule is Cl.Clc1cccc(CN2CCC3CNCC3C2)c1Cl. The highest BCUT2D eigenvalue weighted by Crippen LogP contribution is 2.30. The molecule has 2 unspecified atom stereocenters. The van der Waals surface area contributed by atoms with Gasteiger partial charge >= 0.3 is 0 Å². The van der Waals surface area contributed by atoms with Gasteiger partial charge in [0.05, 0.1) is 10.0 Å². The van der Waals surface area contributed by atoms with Crippen LogP contribution in [-0.4, -0.2) is 31.1 Å². The summed E-state index contributed by atoms with van der Waals surface area (Å²) in [5.74, 6) is 1.70. The average molecular weight is 322 g/mol. The number of nitrogens with one attached hydrogen (secondary N) is 1. The molecule has 1 aromatic carbocycles. The molecule has 0 aliphatic carbocycles. The van der Waals surface area contributed by atoms with Crippen LogP contribution in [0.2, 0.25) is 10.0 Å². The summed E-state index contributed by atoms with van der Waals surface area (Å²) < 4.78 is 0. The van der Waals surface area contributed by atoms with E-state index in [4.69, 9.17) is 23.2 Å². The van der Waals surface area contributed by atoms with Crippen molar-refractivity contribution in [3.63, 3.8) is 0 Å². The highest BCUT2D eigenvalue weighted by atomic mass is 35.5. The second kappa shape index (κ2) is 6.64. The predicted molar refractivity (Wildman–Crippen MR) is 83.5 cm³/mol. The quantitative estimate of drug-likeness (QED) is 0.897. The molecule has 2 fully saturated rings. The maximum absolute atomic E-state index is 6.25. The van der Waals surface area contributed by atoms with E-state index in [9.17, 15) is 0 Å². The molecule has 1 N–H and O–H groups in total. The maximum Gasteiger partial charge on any atom is 0.0637 e. The number of rotatable bonds is 2. The molecule has 0 amide bonds. The highest BCUT2D eigenvalue weighted by molar-refractivity contribution is 6.42. The van der Waals surface area contributed by atoms with Crippen molar-refractivity contribution in [1.29, 1.82) is 0 Å². The maximum atomic E-state index is 6.25. The van der Waals surface area contributed by atoms with Gasteiger partial charge in [-0.15, -0.1) is 12.4 Å². The van der Waals surface area contributed by atoms with Crippen molar-refractivity contribution < 1.29 is 0 Å². The second-order valence-corrected chi connectivity index (χ2v) is 6.20. The van der Waals surface area contributed by atoms with E-state index in [-0.39, 0.29) is 12.4 Å². The Balaban J connectivity index is 0.00000133. The number of halogens is 3. The number of hydrogen-bond acceptors (Lipinski definition) is 2. The summed E-state index contributed by atoms with van der Waals surface area (Å²) >= 11 is 12.3. The summed E-state index contributed by atoms with van der Waals surface area (Å²) in [5.41, 5.74) is 1.15. The summed E-state index contributed by atoms with van der Waals surface area (Å²) in [5, 5.41) is 4.87. The van der Waals surface area contributed by atoms with Crippen LogP contribution in [0.3, 0.4) is 0 Å². The highest BCUT2D eigenvalue weighted by Gasteiger charge is 2.32. The molecule has 2 aliphatic heterocycles. The Morgan fingerprint density at radius 1 is 1.21 bits per heavy atom. The molecule has 0 saturated carbocycles. The molecule has 3 rings (SSSR count). The Kier molecular flexibility index (Phi) is 5.38. The normalized spacial score (nSPS) is 26.8. The lowest BCUT2D eigenvalue weighted by Gasteiger charge is -2.34. The fourth-order valence-corrected chi connectivity index (χ4v) is 3.55. The molecular formula is C14H19Cl3N2. The van der Waals surface area contributed by atoms with E-state index in [2.05, 4.69) is 16.3 Å². The number of benzene rings is 1. The van der Waals surface area contributed by atoms with E-state index in [1.54, 1.807) is 0 Å². The van der Waals surface area contributed by atoms with Gasteiger partial charge in [-0.2, -0.15) is 0 Å². The van der Waals surface area contributed by atoms with E-state index < -0.39 is 0 Å². The molecule has 2 atom stereocenters. The van der Waals surface area contributed by atoms with Crippen LogP contribution < -0.4 is 5.32 Å². The topological polar surface area (TPSA) is 15.3 Å². The van der Waals surface area contributed by atoms with Gasteiger partial charge in [0.1, 0.15) is 0 Å². The van der Waals surface area contributed by atoms with Gasteiger partial charge in [-0.3, -0.25) is 4.90 Å². The van der Waals surface area contributed by atoms with E-state index in [0.29, 0.717) is 10.0 Å². The van der Waals surface area contributed by atoms with Crippen molar-refractivity contribution in [3.8, 4) is 0 Å². The zero-order valence-corrected chi connectivity index (χ0v) is 13.1. The van der Waals surface area contributed by atoms with Crippen LogP contribution in [0.1, 0.15) is 12.0 Å². The first kappa shape index (κ1) is 15.4. The minimum Gasteiger partial charge on any atom is -0.316 e. The molecule has 0 aromatic heterocycles. The second-order valence-electron chi connectivity index (χ2n) is 5.42. The van der Waals surface area contributed by atoms with Crippen LogP contribution in [0.25, 0.3) is 0 Å². The molecule has 0 radical (unpaired) electrons. The summed E-state index contributed by atoms with van der Waals surface area (Å²) in [7, 11) is 0. The first-order chi connectivity index (χ1) is 8.74. The number of fused-ring (bicyclic) bond motifs is 1. The zero-order valence-electron chi connectivity index (χ0n) is 10.7. The van der Waals surface area contributed by atoms with Crippen LogP contribution >= 0.6 is 35.6 Å². The lowest BCUT2D eigenvalue weighted by Crippen LogP contribution is -2.39. The third-order valence-electron chi connectivity index (χ3n) is 4.21. The van der Waals surface area contributed by atoms with Gasteiger partial charge in [0, 0.05) is 13.1 Å². The van der Waals surface area contributed by atoms with E-state index in [1.807, 2.05) is 12.1 Å². The van der Waals surface area contributed by atoms with Crippen molar-refractivity contribution in [2.75, 3.05) is 26.2 Å². The number of piperidine rings is 1. The summed E-state index contributed by atoms with van der Waals surface area (Å²) in [6.07, 6.45) is 1.30. The number of nitrogens with zero attached hydrogens (tertiary/aromatic N) is 1. The predicted octanol–water partition coefficient (Wildman–Crippen LogP) is 3.46. The summed E-state index contributed by atoms with van der Waals surface area (Å²) in [4.78, 5) is 2.51. The molecule has 2 aliphatic rings. The molecule has 5 heteroatoms. The number of hydrogen-bond donors (Lipinski definition) is 1. The van der Waals surface area contributed by atoms with Gasteiger partial charge in [-0.1, -0.05) is 35.3 Å². The van der Waals surface area contributed by atoms with Crippen molar-refractivity contribution >= 4 is 35.6 Å². The molecule has 1 aromatic rings. The van der Waals surface area contributed by atoms with Crippen molar-refractivity contribution in [2.45, 2.75) is 13.0 Å². The fraction of sp³-hybridized carbons (Fsp3) is 0.571. The minimum absolute atomic E-state index is 0. The van der Waals surface area contributed by atoms with Gasteiger partial charge < -0.3 is 5.32 Å². The van der Waals surface area contributed by atoms with E-state index >= 15 is 0 Å². The van der Waals surface area contributed by atoms with Gasteiger partial charge in [-0.05, 0) is 49.5 Å². The van der Waals surface area contributed by atoms with Gasteiger partial charge in [-0.25, -0.2) is 0 Å². The Labute approximate surface area is 130 Å². The monoisotopic (exact) mass is 320 g/mol. The van der Waals surface area contributed by atoms with Crippen LogP contribution in [0, 0.1) is 11.8 Å². The first-order valence-electron chi connectivity index (χ1n) is 6.60. The van der Waals surface area contributed by atoms with Crippen LogP contribution in [0.5, 0.6) is 0 Å². The van der Waals surface area contributed by atoms with Gasteiger partial charge in [0.2, 0.25) is 0 Å². The molecule has 106 valence electrons. The Morgan fingerprint density at radius 3 is 2.84 bits per heavy atom. The van der Waals surface area contributed by atoms with Crippen molar-refractivity contribution in [3.05, 3.63) is 33.8 Å². The molecule has 0 spiro atoms. The smallest absolute Gasteiger partial charge is 0.0637 e. The van der Waals surface area contributed by atoms with Crippen LogP contribution in [-0.2, 0) is 6.54 Å². The average Bonchev–Trinajstić information content (AvgIpc) is 2.82. The van der Waals surface area contributed by atoms with E-state index in [0.717, 1.165) is 23.9 Å². The molecule has 19 heavy (non-hydrogen) atoms. The third-order valence-corrected chi connectivity index (χ3v) is 5.07. The van der Waals surface area contributed by atoms with Crippen molar-refractivity contribution in [2.24, 2.45) is 11.8 Å². The third kappa shape index (κ3) is 3.37. The Bertz CT molecular complexity index is 439. The summed E-state index contributed by atoms with van der Waals surface area (Å²) in [6, 6.07) is 5.90. The molecule has 0 bridgehead atoms. The molecular weight excluding hydrogens is 303 g/mol. The van der Waals surface area contributed by atoms with Crippen molar-refractivity contribution in [1.82, 2.24) is 10.2 Å². The first-order valence-corrected chi connectivity index (χ1v) is 7.35. The largest absolute Gasteiger partial charge is 0.316 e. The standard InChI is InChI=1S/C14H18Cl2N2.ClH/c15-13-3-1-2-11(14(13)16)8-18-5-4-10-6-17-7-12(10)9-18;/h1-3,10,12,17H,4-9H2;1H. The lowest BCUT2D eigenvalue weighted by atomic mass is 9.88. The van der Waals surface area contributed by atoms with Crippen LogP contribution in [0.15, 0.2) is 18.2 Å². The summed E-state index contributed by atoms with van der Waals surface area (Å²) in [6.45, 7) is 5.65.